The van der Waals surface area contributed by atoms with Gasteiger partial charge in [0.15, 0.2) is 0 Å². The second-order valence-corrected chi connectivity index (χ2v) is 1.92. The van der Waals surface area contributed by atoms with Crippen LogP contribution >= 0.6 is 0 Å². The second-order valence-electron chi connectivity index (χ2n) is 1.92. The fraction of sp³-hybridized carbons (Fsp3) is 0.571. The SMILES string of the molecule is C=CC(=O)OCCN(O)CC. The summed E-state index contributed by atoms with van der Waals surface area (Å²) >= 11 is 0. The summed E-state index contributed by atoms with van der Waals surface area (Å²) < 4.78 is 4.61. The molecule has 0 aromatic heterocycles. The summed E-state index contributed by atoms with van der Waals surface area (Å²) in [5.74, 6) is -0.463. The largest absolute Gasteiger partial charge is 0.461 e. The van der Waals surface area contributed by atoms with Crippen molar-refractivity contribution in [2.45, 2.75) is 6.92 Å². The number of nitrogens with zero attached hydrogens (tertiary/aromatic N) is 1. The Hall–Kier alpha value is -0.870. The monoisotopic (exact) mass is 159 g/mol. The Kier molecular flexibility index (Phi) is 5.42. The van der Waals surface area contributed by atoms with E-state index in [0.717, 1.165) is 11.1 Å². The molecule has 0 aromatic carbocycles. The average Bonchev–Trinajstić information content (AvgIpc) is 2.04. The van der Waals surface area contributed by atoms with Crippen LogP contribution in [0.2, 0.25) is 0 Å². The molecule has 0 bridgehead atoms. The number of carbonyl (C=O) groups is 1. The van der Waals surface area contributed by atoms with Crippen molar-refractivity contribution in [1.29, 1.82) is 0 Å². The van der Waals surface area contributed by atoms with Crippen molar-refractivity contribution in [2.24, 2.45) is 0 Å². The van der Waals surface area contributed by atoms with Crippen LogP contribution in [-0.2, 0) is 9.53 Å². The van der Waals surface area contributed by atoms with Crippen molar-refractivity contribution in [3.05, 3.63) is 12.7 Å². The number of ether oxygens (including phenoxy) is 1. The van der Waals surface area contributed by atoms with Gasteiger partial charge in [0.2, 0.25) is 0 Å². The third-order valence-corrected chi connectivity index (χ3v) is 1.13. The number of hydroxylamine groups is 2. The molecule has 0 aliphatic carbocycles. The predicted octanol–water partition coefficient (Wildman–Crippen LogP) is 0.427. The van der Waals surface area contributed by atoms with Crippen molar-refractivity contribution in [3.63, 3.8) is 0 Å². The molecular formula is C7H13NO3. The molecule has 4 nitrogen and oxygen atoms in total. The molecule has 0 rings (SSSR count). The molecule has 0 unspecified atom stereocenters. The number of likely N-dealkylation sites (N-methyl/N-ethyl adjacent to an activating group) is 1. The van der Waals surface area contributed by atoms with Gasteiger partial charge in [-0.1, -0.05) is 13.5 Å². The molecule has 0 fully saturated rings. The van der Waals surface area contributed by atoms with Gasteiger partial charge in [0.1, 0.15) is 6.61 Å². The van der Waals surface area contributed by atoms with Gasteiger partial charge in [-0.2, -0.15) is 5.06 Å². The Morgan fingerprint density at radius 3 is 2.91 bits per heavy atom. The van der Waals surface area contributed by atoms with Crippen LogP contribution in [0.3, 0.4) is 0 Å². The first-order valence-electron chi connectivity index (χ1n) is 3.43. The van der Waals surface area contributed by atoms with E-state index in [1.165, 1.54) is 0 Å². The van der Waals surface area contributed by atoms with Crippen LogP contribution in [0.15, 0.2) is 12.7 Å². The van der Waals surface area contributed by atoms with Gasteiger partial charge >= 0.3 is 5.97 Å². The lowest BCUT2D eigenvalue weighted by Crippen LogP contribution is -2.24. The van der Waals surface area contributed by atoms with E-state index in [0.29, 0.717) is 13.1 Å². The summed E-state index contributed by atoms with van der Waals surface area (Å²) in [7, 11) is 0. The van der Waals surface area contributed by atoms with Crippen molar-refractivity contribution >= 4 is 5.97 Å². The smallest absolute Gasteiger partial charge is 0.330 e. The van der Waals surface area contributed by atoms with E-state index >= 15 is 0 Å². The number of hydrogen-bond donors (Lipinski definition) is 1. The first-order chi connectivity index (χ1) is 5.20. The molecule has 0 radical (unpaired) electrons. The molecule has 0 atom stereocenters. The third-order valence-electron chi connectivity index (χ3n) is 1.13. The van der Waals surface area contributed by atoms with Crippen LogP contribution in [0.4, 0.5) is 0 Å². The van der Waals surface area contributed by atoms with E-state index in [9.17, 15) is 4.79 Å². The van der Waals surface area contributed by atoms with Crippen LogP contribution in [0.25, 0.3) is 0 Å². The summed E-state index contributed by atoms with van der Waals surface area (Å²) in [6.45, 7) is 6.07. The normalized spacial score (nSPS) is 9.73. The molecule has 64 valence electrons. The summed E-state index contributed by atoms with van der Waals surface area (Å²) in [6.07, 6.45) is 1.09. The Bertz CT molecular complexity index is 136. The molecule has 0 spiro atoms. The minimum atomic E-state index is -0.463. The van der Waals surface area contributed by atoms with Crippen molar-refractivity contribution in [1.82, 2.24) is 5.06 Å². The second kappa shape index (κ2) is 5.88. The third kappa shape index (κ3) is 5.57. The van der Waals surface area contributed by atoms with Gasteiger partial charge in [-0.3, -0.25) is 0 Å². The molecule has 0 saturated heterocycles. The van der Waals surface area contributed by atoms with Gasteiger partial charge in [-0.05, 0) is 0 Å². The number of carbonyl (C=O) groups excluding carboxylic acids is 1. The Balaban J connectivity index is 3.26. The van der Waals surface area contributed by atoms with Gasteiger partial charge in [-0.25, -0.2) is 4.79 Å². The maximum atomic E-state index is 10.4. The van der Waals surface area contributed by atoms with Crippen LogP contribution < -0.4 is 0 Å². The van der Waals surface area contributed by atoms with E-state index in [1.54, 1.807) is 6.92 Å². The molecule has 0 saturated carbocycles. The Labute approximate surface area is 66.0 Å². The fourth-order valence-corrected chi connectivity index (χ4v) is 0.469. The van der Waals surface area contributed by atoms with E-state index in [4.69, 9.17) is 5.21 Å². The molecule has 0 aliphatic heterocycles. The minimum Gasteiger partial charge on any atom is -0.461 e. The summed E-state index contributed by atoms with van der Waals surface area (Å²) in [5, 5.41) is 9.93. The zero-order valence-electron chi connectivity index (χ0n) is 6.62. The van der Waals surface area contributed by atoms with Crippen LogP contribution in [0.5, 0.6) is 0 Å². The lowest BCUT2D eigenvalue weighted by atomic mass is 10.6. The highest BCUT2D eigenvalue weighted by molar-refractivity contribution is 5.81. The zero-order chi connectivity index (χ0) is 8.69. The van der Waals surface area contributed by atoms with Crippen LogP contribution in [-0.4, -0.2) is 35.9 Å². The molecule has 4 heteroatoms. The molecule has 11 heavy (non-hydrogen) atoms. The number of hydrogen-bond acceptors (Lipinski definition) is 4. The summed E-state index contributed by atoms with van der Waals surface area (Å²) in [5.41, 5.74) is 0. The predicted molar refractivity (Wildman–Crippen MR) is 40.2 cm³/mol. The lowest BCUT2D eigenvalue weighted by molar-refractivity contribution is -0.143. The zero-order valence-corrected chi connectivity index (χ0v) is 6.62. The molecule has 0 aromatic rings. The van der Waals surface area contributed by atoms with Crippen LogP contribution in [0, 0.1) is 0 Å². The van der Waals surface area contributed by atoms with E-state index in [1.807, 2.05) is 0 Å². The topological polar surface area (TPSA) is 49.8 Å². The molecule has 0 aliphatic rings. The van der Waals surface area contributed by atoms with Crippen molar-refractivity contribution < 1.29 is 14.7 Å². The minimum absolute atomic E-state index is 0.190. The fourth-order valence-electron chi connectivity index (χ4n) is 0.469. The van der Waals surface area contributed by atoms with E-state index in [2.05, 4.69) is 11.3 Å². The highest BCUT2D eigenvalue weighted by Gasteiger charge is 1.98. The van der Waals surface area contributed by atoms with Gasteiger partial charge in [0.25, 0.3) is 0 Å². The standard InChI is InChI=1S/C7H13NO3/c1-3-7(9)11-6-5-8(10)4-2/h3,10H,1,4-6H2,2H3. The molecule has 0 heterocycles. The summed E-state index contributed by atoms with van der Waals surface area (Å²) in [6, 6.07) is 0. The van der Waals surface area contributed by atoms with E-state index in [-0.39, 0.29) is 6.61 Å². The maximum Gasteiger partial charge on any atom is 0.330 e. The number of rotatable bonds is 5. The van der Waals surface area contributed by atoms with E-state index < -0.39 is 5.97 Å². The lowest BCUT2D eigenvalue weighted by Gasteiger charge is -2.10. The number of esters is 1. The average molecular weight is 159 g/mol. The highest BCUT2D eigenvalue weighted by Crippen LogP contribution is 1.83. The first-order valence-corrected chi connectivity index (χ1v) is 3.43. The quantitative estimate of drug-likeness (QED) is 0.359. The Morgan fingerprint density at radius 2 is 2.45 bits per heavy atom. The molecular weight excluding hydrogens is 146 g/mol. The summed E-state index contributed by atoms with van der Waals surface area (Å²) in [4.78, 5) is 10.4. The molecule has 1 N–H and O–H groups in total. The van der Waals surface area contributed by atoms with Crippen molar-refractivity contribution in [2.75, 3.05) is 19.7 Å². The van der Waals surface area contributed by atoms with Gasteiger partial charge in [-0.15, -0.1) is 0 Å². The molecule has 0 amide bonds. The van der Waals surface area contributed by atoms with Gasteiger partial charge < -0.3 is 9.94 Å². The van der Waals surface area contributed by atoms with Crippen molar-refractivity contribution in [3.8, 4) is 0 Å². The Morgan fingerprint density at radius 1 is 1.82 bits per heavy atom. The van der Waals surface area contributed by atoms with Gasteiger partial charge in [0.05, 0.1) is 6.54 Å². The maximum absolute atomic E-state index is 10.4. The van der Waals surface area contributed by atoms with Crippen LogP contribution in [0.1, 0.15) is 6.92 Å². The highest BCUT2D eigenvalue weighted by atomic mass is 16.5. The van der Waals surface area contributed by atoms with Gasteiger partial charge in [0, 0.05) is 12.6 Å². The first kappa shape index (κ1) is 10.1.